The largest absolute Gasteiger partial charge is 0.397 e. The van der Waals surface area contributed by atoms with Gasteiger partial charge in [0, 0.05) is 13.1 Å². The molecule has 2 heterocycles. The molecular weight excluding hydrogens is 210 g/mol. The number of nitrogens with zero attached hydrogens (tertiary/aromatic N) is 2. The summed E-state index contributed by atoms with van der Waals surface area (Å²) in [7, 11) is 0. The van der Waals surface area contributed by atoms with Gasteiger partial charge in [-0.1, -0.05) is 13.8 Å². The minimum absolute atomic E-state index is 0.739. The van der Waals surface area contributed by atoms with Gasteiger partial charge in [0.25, 0.3) is 0 Å². The van der Waals surface area contributed by atoms with Crippen LogP contribution in [0.3, 0.4) is 0 Å². The molecule has 0 aromatic carbocycles. The van der Waals surface area contributed by atoms with Gasteiger partial charge in [-0.05, 0) is 43.2 Å². The standard InChI is InChI=1S/C14H23N3/c1-11(2)9-12-5-7-17(8-6-12)14-4-3-13(15)10-16-14/h3-4,10-12H,5-9,15H2,1-2H3. The van der Waals surface area contributed by atoms with Crippen molar-refractivity contribution in [2.75, 3.05) is 23.7 Å². The van der Waals surface area contributed by atoms with Gasteiger partial charge in [-0.3, -0.25) is 0 Å². The van der Waals surface area contributed by atoms with E-state index < -0.39 is 0 Å². The molecule has 0 radical (unpaired) electrons. The molecule has 0 atom stereocenters. The molecule has 1 aliphatic rings. The van der Waals surface area contributed by atoms with E-state index in [1.165, 1.54) is 19.3 Å². The van der Waals surface area contributed by atoms with Crippen LogP contribution >= 0.6 is 0 Å². The lowest BCUT2D eigenvalue weighted by Crippen LogP contribution is -2.34. The third-order valence-electron chi connectivity index (χ3n) is 3.51. The molecule has 0 unspecified atom stereocenters. The summed E-state index contributed by atoms with van der Waals surface area (Å²) in [6.45, 7) is 6.89. The molecule has 2 N–H and O–H groups in total. The first-order valence-corrected chi connectivity index (χ1v) is 6.61. The zero-order valence-electron chi connectivity index (χ0n) is 10.9. The number of nitrogen functional groups attached to an aromatic ring is 1. The molecule has 17 heavy (non-hydrogen) atoms. The Bertz CT molecular complexity index is 337. The molecular formula is C14H23N3. The molecule has 1 saturated heterocycles. The van der Waals surface area contributed by atoms with Gasteiger partial charge < -0.3 is 10.6 Å². The highest BCUT2D eigenvalue weighted by Crippen LogP contribution is 2.26. The Kier molecular flexibility index (Phi) is 3.87. The molecule has 1 aliphatic heterocycles. The maximum atomic E-state index is 5.65. The van der Waals surface area contributed by atoms with Gasteiger partial charge in [-0.25, -0.2) is 4.98 Å². The van der Waals surface area contributed by atoms with E-state index in [-0.39, 0.29) is 0 Å². The van der Waals surface area contributed by atoms with E-state index in [0.717, 1.165) is 36.4 Å². The third-order valence-corrected chi connectivity index (χ3v) is 3.51. The number of nitrogens with two attached hydrogens (primary N) is 1. The first-order chi connectivity index (χ1) is 8.15. The van der Waals surface area contributed by atoms with Crippen LogP contribution in [-0.4, -0.2) is 18.1 Å². The molecule has 1 aromatic heterocycles. The lowest BCUT2D eigenvalue weighted by atomic mass is 9.89. The van der Waals surface area contributed by atoms with E-state index in [9.17, 15) is 0 Å². The molecule has 94 valence electrons. The lowest BCUT2D eigenvalue weighted by molar-refractivity contribution is 0.337. The minimum Gasteiger partial charge on any atom is -0.397 e. The molecule has 0 amide bonds. The number of rotatable bonds is 3. The zero-order chi connectivity index (χ0) is 12.3. The maximum Gasteiger partial charge on any atom is 0.128 e. The second kappa shape index (κ2) is 5.39. The van der Waals surface area contributed by atoms with E-state index in [2.05, 4.69) is 23.7 Å². The number of hydrogen-bond acceptors (Lipinski definition) is 3. The Morgan fingerprint density at radius 1 is 1.35 bits per heavy atom. The highest BCUT2D eigenvalue weighted by atomic mass is 15.2. The molecule has 0 aliphatic carbocycles. The number of anilines is 2. The predicted octanol–water partition coefficient (Wildman–Crippen LogP) is 2.93. The molecule has 0 saturated carbocycles. The van der Waals surface area contributed by atoms with Gasteiger partial charge in [0.15, 0.2) is 0 Å². The first-order valence-electron chi connectivity index (χ1n) is 6.61. The van der Waals surface area contributed by atoms with Crippen molar-refractivity contribution in [1.29, 1.82) is 0 Å². The van der Waals surface area contributed by atoms with E-state index in [0.29, 0.717) is 0 Å². The van der Waals surface area contributed by atoms with Crippen LogP contribution in [-0.2, 0) is 0 Å². The van der Waals surface area contributed by atoms with Gasteiger partial charge >= 0.3 is 0 Å². The van der Waals surface area contributed by atoms with Crippen molar-refractivity contribution in [2.45, 2.75) is 33.1 Å². The first kappa shape index (κ1) is 12.2. The van der Waals surface area contributed by atoms with Crippen LogP contribution in [0.15, 0.2) is 18.3 Å². The van der Waals surface area contributed by atoms with Crippen molar-refractivity contribution in [2.24, 2.45) is 11.8 Å². The van der Waals surface area contributed by atoms with Gasteiger partial charge in [-0.15, -0.1) is 0 Å². The summed E-state index contributed by atoms with van der Waals surface area (Å²) in [6.07, 6.45) is 5.70. The van der Waals surface area contributed by atoms with Gasteiger partial charge in [0.1, 0.15) is 5.82 Å². The smallest absolute Gasteiger partial charge is 0.128 e. The summed E-state index contributed by atoms with van der Waals surface area (Å²) in [5, 5.41) is 0. The van der Waals surface area contributed by atoms with Crippen LogP contribution < -0.4 is 10.6 Å². The highest BCUT2D eigenvalue weighted by Gasteiger charge is 2.20. The summed E-state index contributed by atoms with van der Waals surface area (Å²) < 4.78 is 0. The van der Waals surface area contributed by atoms with Crippen molar-refractivity contribution < 1.29 is 0 Å². The fraction of sp³-hybridized carbons (Fsp3) is 0.643. The SMILES string of the molecule is CC(C)CC1CCN(c2ccc(N)cn2)CC1. The van der Waals surface area contributed by atoms with E-state index >= 15 is 0 Å². The molecule has 0 bridgehead atoms. The average Bonchev–Trinajstić information content (AvgIpc) is 2.30. The van der Waals surface area contributed by atoms with Crippen LogP contribution in [0.4, 0.5) is 11.5 Å². The second-order valence-corrected chi connectivity index (χ2v) is 5.51. The minimum atomic E-state index is 0.739. The van der Waals surface area contributed by atoms with Crippen LogP contribution in [0, 0.1) is 11.8 Å². The third kappa shape index (κ3) is 3.35. The molecule has 1 aromatic rings. The summed E-state index contributed by atoms with van der Waals surface area (Å²) in [6, 6.07) is 3.96. The van der Waals surface area contributed by atoms with Gasteiger partial charge in [0.05, 0.1) is 11.9 Å². The Hall–Kier alpha value is -1.25. The number of aromatic nitrogens is 1. The fourth-order valence-corrected chi connectivity index (χ4v) is 2.65. The number of hydrogen-bond donors (Lipinski definition) is 1. The van der Waals surface area contributed by atoms with E-state index in [1.54, 1.807) is 6.20 Å². The maximum absolute atomic E-state index is 5.65. The predicted molar refractivity (Wildman–Crippen MR) is 73.0 cm³/mol. The second-order valence-electron chi connectivity index (χ2n) is 5.51. The summed E-state index contributed by atoms with van der Waals surface area (Å²) in [4.78, 5) is 6.76. The number of pyridine rings is 1. The fourth-order valence-electron chi connectivity index (χ4n) is 2.65. The average molecular weight is 233 g/mol. The van der Waals surface area contributed by atoms with Crippen molar-refractivity contribution in [3.05, 3.63) is 18.3 Å². The van der Waals surface area contributed by atoms with E-state index in [4.69, 9.17) is 5.73 Å². The topological polar surface area (TPSA) is 42.1 Å². The summed E-state index contributed by atoms with van der Waals surface area (Å²) >= 11 is 0. The normalized spacial score (nSPS) is 17.7. The Morgan fingerprint density at radius 3 is 2.59 bits per heavy atom. The van der Waals surface area contributed by atoms with E-state index in [1.807, 2.05) is 12.1 Å². The van der Waals surface area contributed by atoms with Crippen molar-refractivity contribution in [3.8, 4) is 0 Å². The van der Waals surface area contributed by atoms with Crippen LogP contribution in [0.5, 0.6) is 0 Å². The van der Waals surface area contributed by atoms with Crippen molar-refractivity contribution in [1.82, 2.24) is 4.98 Å². The summed E-state index contributed by atoms with van der Waals surface area (Å²) in [5.41, 5.74) is 6.39. The van der Waals surface area contributed by atoms with Crippen LogP contribution in [0.2, 0.25) is 0 Å². The Labute approximate surface area is 104 Å². The summed E-state index contributed by atoms with van der Waals surface area (Å²) in [5.74, 6) is 2.79. The van der Waals surface area contributed by atoms with Crippen molar-refractivity contribution >= 4 is 11.5 Å². The molecule has 0 spiro atoms. The van der Waals surface area contributed by atoms with Crippen LogP contribution in [0.25, 0.3) is 0 Å². The van der Waals surface area contributed by atoms with Crippen molar-refractivity contribution in [3.63, 3.8) is 0 Å². The quantitative estimate of drug-likeness (QED) is 0.872. The molecule has 2 rings (SSSR count). The molecule has 3 heteroatoms. The highest BCUT2D eigenvalue weighted by molar-refractivity contribution is 5.45. The number of piperidine rings is 1. The van der Waals surface area contributed by atoms with Gasteiger partial charge in [0.2, 0.25) is 0 Å². The monoisotopic (exact) mass is 233 g/mol. The Balaban J connectivity index is 1.88. The lowest BCUT2D eigenvalue weighted by Gasteiger charge is -2.33. The van der Waals surface area contributed by atoms with Gasteiger partial charge in [-0.2, -0.15) is 0 Å². The molecule has 3 nitrogen and oxygen atoms in total. The van der Waals surface area contributed by atoms with Crippen LogP contribution in [0.1, 0.15) is 33.1 Å². The molecule has 1 fully saturated rings. The zero-order valence-corrected chi connectivity index (χ0v) is 10.9. The Morgan fingerprint density at radius 2 is 2.06 bits per heavy atom.